The Morgan fingerprint density at radius 3 is 2.52 bits per heavy atom. The molecule has 31 heavy (non-hydrogen) atoms. The lowest BCUT2D eigenvalue weighted by atomic mass is 9.93. The molecule has 5 rings (SSSR count). The molecule has 1 saturated heterocycles. The number of halogens is 1. The van der Waals surface area contributed by atoms with Gasteiger partial charge in [-0.1, -0.05) is 60.1 Å². The lowest BCUT2D eigenvalue weighted by Crippen LogP contribution is -2.47. The maximum absolute atomic E-state index is 13.2. The number of carbonyl (C=O) groups is 1. The molecule has 2 aliphatic rings. The van der Waals surface area contributed by atoms with E-state index in [-0.39, 0.29) is 17.9 Å². The van der Waals surface area contributed by atoms with Crippen molar-refractivity contribution in [2.24, 2.45) is 0 Å². The predicted molar refractivity (Wildman–Crippen MR) is 119 cm³/mol. The van der Waals surface area contributed by atoms with Crippen molar-refractivity contribution in [3.63, 3.8) is 0 Å². The Hall–Kier alpha value is -2.89. The minimum Gasteiger partial charge on any atom is -0.489 e. The van der Waals surface area contributed by atoms with Gasteiger partial charge in [0.15, 0.2) is 0 Å². The fraction of sp³-hybridized carbons (Fsp3) is 0.280. The average Bonchev–Trinajstić information content (AvgIpc) is 3.12. The molecule has 0 N–H and O–H groups in total. The van der Waals surface area contributed by atoms with Crippen LogP contribution in [-0.2, 0) is 9.53 Å². The van der Waals surface area contributed by atoms with Crippen LogP contribution in [0, 0.1) is 0 Å². The van der Waals surface area contributed by atoms with E-state index in [1.807, 2.05) is 4.90 Å². The zero-order chi connectivity index (χ0) is 21.2. The number of aromatic nitrogens is 1. The number of hydrogen-bond donors (Lipinski definition) is 0. The summed E-state index contributed by atoms with van der Waals surface area (Å²) in [7, 11) is 0. The first-order valence-electron chi connectivity index (χ1n) is 10.5. The quantitative estimate of drug-likeness (QED) is 0.591. The number of nitrogens with zero attached hydrogens (tertiary/aromatic N) is 2. The minimum atomic E-state index is -0.181. The van der Waals surface area contributed by atoms with Crippen molar-refractivity contribution in [3.8, 4) is 16.9 Å². The van der Waals surface area contributed by atoms with Crippen molar-refractivity contribution in [3.05, 3.63) is 83.1 Å². The van der Waals surface area contributed by atoms with Gasteiger partial charge in [0, 0.05) is 31.1 Å². The molecule has 3 aromatic rings. The number of carbonyl (C=O) groups excluding carboxylic acids is 1. The molecule has 0 spiro atoms. The van der Waals surface area contributed by atoms with Gasteiger partial charge in [0.25, 0.3) is 0 Å². The zero-order valence-corrected chi connectivity index (χ0v) is 17.8. The first-order chi connectivity index (χ1) is 15.2. The van der Waals surface area contributed by atoms with Gasteiger partial charge in [-0.2, -0.15) is 0 Å². The monoisotopic (exact) mass is 434 g/mol. The molecule has 158 valence electrons. The van der Waals surface area contributed by atoms with Crippen LogP contribution < -0.4 is 4.74 Å². The molecular weight excluding hydrogens is 412 g/mol. The number of benzene rings is 2. The standard InChI is InChI=1S/C25H23ClN2O3/c26-17-11-18(14-27-13-17)31-16-19-15-28(9-10-30-19)25(29)12-24-22-7-3-1-5-20(22)21-6-2-4-8-23(21)24/h1-8,11,13-14,19,24H,9-10,12,15-16H2. The largest absolute Gasteiger partial charge is 0.489 e. The van der Waals surface area contributed by atoms with E-state index in [0.717, 1.165) is 0 Å². The smallest absolute Gasteiger partial charge is 0.223 e. The lowest BCUT2D eigenvalue weighted by molar-refractivity contribution is -0.140. The number of morpholine rings is 1. The second-order valence-corrected chi connectivity index (χ2v) is 8.35. The number of fused-ring (bicyclic) bond motifs is 3. The van der Waals surface area contributed by atoms with E-state index in [1.165, 1.54) is 22.3 Å². The van der Waals surface area contributed by atoms with E-state index < -0.39 is 0 Å². The molecule has 0 radical (unpaired) electrons. The van der Waals surface area contributed by atoms with Crippen molar-refractivity contribution < 1.29 is 14.3 Å². The Morgan fingerprint density at radius 2 is 1.81 bits per heavy atom. The fourth-order valence-electron chi connectivity index (χ4n) is 4.49. The lowest BCUT2D eigenvalue weighted by Gasteiger charge is -2.33. The van der Waals surface area contributed by atoms with Gasteiger partial charge in [0.2, 0.25) is 5.91 Å². The Bertz CT molecular complexity index is 1060. The minimum absolute atomic E-state index is 0.0926. The van der Waals surface area contributed by atoms with Gasteiger partial charge in [-0.25, -0.2) is 0 Å². The molecule has 2 aromatic carbocycles. The van der Waals surface area contributed by atoms with Crippen LogP contribution in [0.4, 0.5) is 0 Å². The van der Waals surface area contributed by atoms with Gasteiger partial charge in [-0.15, -0.1) is 0 Å². The summed E-state index contributed by atoms with van der Waals surface area (Å²) in [6.07, 6.45) is 3.46. The molecule has 1 aliphatic heterocycles. The molecule has 2 heterocycles. The molecule has 1 atom stereocenters. The SMILES string of the molecule is O=C(CC1c2ccccc2-c2ccccc21)N1CCOC(COc2cncc(Cl)c2)C1. The van der Waals surface area contributed by atoms with Crippen molar-refractivity contribution in [1.82, 2.24) is 9.88 Å². The molecule has 1 aliphatic carbocycles. The Kier molecular flexibility index (Phi) is 5.62. The maximum Gasteiger partial charge on any atom is 0.223 e. The number of amides is 1. The fourth-order valence-corrected chi connectivity index (χ4v) is 4.65. The third-order valence-corrected chi connectivity index (χ3v) is 6.16. The summed E-state index contributed by atoms with van der Waals surface area (Å²) >= 11 is 5.96. The molecule has 0 bridgehead atoms. The van der Waals surface area contributed by atoms with Gasteiger partial charge in [-0.05, 0) is 22.3 Å². The van der Waals surface area contributed by atoms with E-state index in [2.05, 4.69) is 53.5 Å². The van der Waals surface area contributed by atoms with Crippen LogP contribution in [0.2, 0.25) is 5.02 Å². The Labute approximate surface area is 186 Å². The van der Waals surface area contributed by atoms with Gasteiger partial charge in [0.1, 0.15) is 18.5 Å². The highest BCUT2D eigenvalue weighted by Gasteiger charge is 2.32. The highest BCUT2D eigenvalue weighted by molar-refractivity contribution is 6.30. The molecule has 5 nitrogen and oxygen atoms in total. The van der Waals surface area contributed by atoms with Crippen LogP contribution >= 0.6 is 11.6 Å². The van der Waals surface area contributed by atoms with Crippen LogP contribution in [0.1, 0.15) is 23.5 Å². The van der Waals surface area contributed by atoms with Crippen LogP contribution in [0.3, 0.4) is 0 Å². The number of ether oxygens (including phenoxy) is 2. The highest BCUT2D eigenvalue weighted by atomic mass is 35.5. The van der Waals surface area contributed by atoms with E-state index >= 15 is 0 Å². The third kappa shape index (κ3) is 4.16. The van der Waals surface area contributed by atoms with Gasteiger partial charge in [-0.3, -0.25) is 9.78 Å². The first-order valence-corrected chi connectivity index (χ1v) is 10.9. The molecule has 1 aromatic heterocycles. The van der Waals surface area contributed by atoms with E-state index in [1.54, 1.807) is 18.5 Å². The molecule has 1 unspecified atom stereocenters. The average molecular weight is 435 g/mol. The summed E-state index contributed by atoms with van der Waals surface area (Å²) in [5.41, 5.74) is 4.94. The van der Waals surface area contributed by atoms with Gasteiger partial charge in [0.05, 0.1) is 24.4 Å². The first kappa shape index (κ1) is 20.0. The number of rotatable bonds is 5. The van der Waals surface area contributed by atoms with Crippen LogP contribution in [0.25, 0.3) is 11.1 Å². The highest BCUT2D eigenvalue weighted by Crippen LogP contribution is 2.46. The summed E-state index contributed by atoms with van der Waals surface area (Å²) < 4.78 is 11.6. The van der Waals surface area contributed by atoms with Gasteiger partial charge < -0.3 is 14.4 Å². The van der Waals surface area contributed by atoms with E-state index in [4.69, 9.17) is 21.1 Å². The maximum atomic E-state index is 13.2. The van der Waals surface area contributed by atoms with Crippen molar-refractivity contribution in [2.75, 3.05) is 26.3 Å². The Balaban J connectivity index is 1.25. The number of pyridine rings is 1. The number of hydrogen-bond acceptors (Lipinski definition) is 4. The van der Waals surface area contributed by atoms with Gasteiger partial charge >= 0.3 is 0 Å². The molecular formula is C25H23ClN2O3. The van der Waals surface area contributed by atoms with E-state index in [9.17, 15) is 4.79 Å². The van der Waals surface area contributed by atoms with Crippen LogP contribution in [-0.4, -0.2) is 48.2 Å². The normalized spacial score (nSPS) is 17.8. The predicted octanol–water partition coefficient (Wildman–Crippen LogP) is 4.54. The van der Waals surface area contributed by atoms with Crippen molar-refractivity contribution in [1.29, 1.82) is 0 Å². The zero-order valence-electron chi connectivity index (χ0n) is 17.0. The second kappa shape index (κ2) is 8.69. The summed E-state index contributed by atoms with van der Waals surface area (Å²) in [6, 6.07) is 18.5. The van der Waals surface area contributed by atoms with Crippen molar-refractivity contribution in [2.45, 2.75) is 18.4 Å². The van der Waals surface area contributed by atoms with E-state index in [0.29, 0.717) is 43.5 Å². The molecule has 1 amide bonds. The third-order valence-electron chi connectivity index (χ3n) is 5.95. The molecule has 1 fully saturated rings. The summed E-state index contributed by atoms with van der Waals surface area (Å²) in [5.74, 6) is 0.836. The van der Waals surface area contributed by atoms with Crippen LogP contribution in [0.5, 0.6) is 5.75 Å². The summed E-state index contributed by atoms with van der Waals surface area (Å²) in [4.78, 5) is 19.2. The van der Waals surface area contributed by atoms with Crippen LogP contribution in [0.15, 0.2) is 67.0 Å². The molecule has 0 saturated carbocycles. The Morgan fingerprint density at radius 1 is 1.10 bits per heavy atom. The summed E-state index contributed by atoms with van der Waals surface area (Å²) in [5, 5.41) is 0.524. The molecule has 6 heteroatoms. The van der Waals surface area contributed by atoms with Crippen molar-refractivity contribution >= 4 is 17.5 Å². The second-order valence-electron chi connectivity index (χ2n) is 7.91. The topological polar surface area (TPSA) is 51.7 Å². The summed E-state index contributed by atoms with van der Waals surface area (Å²) in [6.45, 7) is 1.97.